The molecule has 4 aromatic rings. The van der Waals surface area contributed by atoms with E-state index in [4.69, 9.17) is 9.47 Å². The van der Waals surface area contributed by atoms with Gasteiger partial charge in [-0.1, -0.05) is 31.9 Å². The van der Waals surface area contributed by atoms with Crippen LogP contribution in [0.5, 0.6) is 11.5 Å². The van der Waals surface area contributed by atoms with Gasteiger partial charge >= 0.3 is 0 Å². The minimum atomic E-state index is 0.137. The molecule has 2 aliphatic rings. The summed E-state index contributed by atoms with van der Waals surface area (Å²) in [5.41, 5.74) is 2.11. The number of imidazole rings is 2. The Bertz CT molecular complexity index is 1370. The summed E-state index contributed by atoms with van der Waals surface area (Å²) >= 11 is 11.6. The number of halogens is 4. The number of ether oxygens (including phenoxy) is 2. The van der Waals surface area contributed by atoms with Crippen LogP contribution in [0.2, 0.25) is 0 Å². The van der Waals surface area contributed by atoms with Gasteiger partial charge in [0.2, 0.25) is 0 Å². The number of fused-ring (bicyclic) bond motifs is 6. The fourth-order valence-electron chi connectivity index (χ4n) is 4.08. The fourth-order valence-corrected chi connectivity index (χ4v) is 5.82. The fraction of sp³-hybridized carbons (Fsp3) is 0.250. The second kappa shape index (κ2) is 10.1. The van der Waals surface area contributed by atoms with Crippen molar-refractivity contribution in [3.63, 3.8) is 0 Å². The summed E-state index contributed by atoms with van der Waals surface area (Å²) in [6.45, 7) is 5.82. The summed E-state index contributed by atoms with van der Waals surface area (Å²) in [7, 11) is 0. The van der Waals surface area contributed by atoms with Gasteiger partial charge in [-0.15, -0.1) is 0 Å². The lowest BCUT2D eigenvalue weighted by molar-refractivity contribution is 0.205. The molecule has 34 heavy (non-hydrogen) atoms. The average molecular weight is 810 g/mol. The van der Waals surface area contributed by atoms with E-state index in [0.29, 0.717) is 0 Å². The van der Waals surface area contributed by atoms with Gasteiger partial charge in [-0.25, -0.2) is 9.97 Å². The smallest absolute Gasteiger partial charge is 0.145 e. The van der Waals surface area contributed by atoms with Crippen molar-refractivity contribution in [1.29, 1.82) is 0 Å². The van der Waals surface area contributed by atoms with E-state index in [1.807, 2.05) is 42.7 Å². The third-order valence-corrected chi connectivity index (χ3v) is 9.37. The molecule has 2 unspecified atom stereocenters. The maximum Gasteiger partial charge on any atom is 0.145 e. The molecule has 176 valence electrons. The van der Waals surface area contributed by atoms with Gasteiger partial charge in [-0.2, -0.15) is 0 Å². The topological polar surface area (TPSA) is 54.1 Å². The predicted molar refractivity (Wildman–Crippen MR) is 156 cm³/mol. The highest BCUT2D eigenvalue weighted by atomic mass is 127. The Morgan fingerprint density at radius 3 is 2.12 bits per heavy atom. The van der Waals surface area contributed by atoms with Crippen LogP contribution in [0.3, 0.4) is 0 Å². The lowest BCUT2D eigenvalue weighted by Gasteiger charge is -2.13. The normalized spacial score (nSPS) is 17.9. The van der Waals surface area contributed by atoms with Crippen LogP contribution in [0.1, 0.15) is 13.8 Å². The molecule has 0 fully saturated rings. The van der Waals surface area contributed by atoms with E-state index in [1.165, 1.54) is 3.70 Å². The number of hydrogen-bond donors (Lipinski definition) is 0. The molecule has 0 saturated heterocycles. The molecule has 2 aromatic carbocycles. The van der Waals surface area contributed by atoms with Crippen molar-refractivity contribution in [2.45, 2.75) is 39.1 Å². The van der Waals surface area contributed by atoms with Crippen LogP contribution < -0.4 is 9.47 Å². The molecule has 2 aromatic heterocycles. The molecule has 0 N–H and O–H groups in total. The van der Waals surface area contributed by atoms with E-state index in [2.05, 4.69) is 116 Å². The van der Waals surface area contributed by atoms with E-state index < -0.39 is 0 Å². The second-order valence-corrected chi connectivity index (χ2v) is 12.0. The highest BCUT2D eigenvalue weighted by Gasteiger charge is 2.24. The number of rotatable bonds is 0. The van der Waals surface area contributed by atoms with E-state index in [9.17, 15) is 0 Å². The summed E-state index contributed by atoms with van der Waals surface area (Å²) in [5.74, 6) is 3.77. The van der Waals surface area contributed by atoms with Gasteiger partial charge in [-0.05, 0) is 95.4 Å². The van der Waals surface area contributed by atoms with Gasteiger partial charge in [0.25, 0.3) is 0 Å². The molecular formula is C24H20Br2I2N4O2. The zero-order valence-corrected chi connectivity index (χ0v) is 25.8. The van der Waals surface area contributed by atoms with Gasteiger partial charge in [0.05, 0.1) is 24.2 Å². The molecule has 0 bridgehead atoms. The predicted octanol–water partition coefficient (Wildman–Crippen LogP) is 7.40. The van der Waals surface area contributed by atoms with Gasteiger partial charge in [0.1, 0.15) is 42.8 Å². The number of aromatic nitrogens is 4. The molecule has 0 radical (unpaired) electrons. The highest BCUT2D eigenvalue weighted by molar-refractivity contribution is 14.1. The van der Waals surface area contributed by atoms with E-state index >= 15 is 0 Å². The molecule has 0 aliphatic carbocycles. The zero-order valence-electron chi connectivity index (χ0n) is 18.3. The Hall–Kier alpha value is -1.12. The molecule has 10 heteroatoms. The lowest BCUT2D eigenvalue weighted by Crippen LogP contribution is -2.18. The maximum atomic E-state index is 5.98. The zero-order chi connectivity index (χ0) is 24.0. The molecule has 0 saturated carbocycles. The average Bonchev–Trinajstić information content (AvgIpc) is 3.26. The van der Waals surface area contributed by atoms with Crippen LogP contribution in [-0.2, 0) is 13.1 Å². The SMILES string of the molecule is CC1Cn2c(nc(I)c2I)-c2ccc(Br)cc2O1.CC1Cn2ccnc2-c2ccc(Br)cc2O1. The molecule has 0 spiro atoms. The molecular weight excluding hydrogens is 790 g/mol. The minimum absolute atomic E-state index is 0.137. The number of benzene rings is 2. The maximum absolute atomic E-state index is 5.98. The van der Waals surface area contributed by atoms with Crippen molar-refractivity contribution < 1.29 is 9.47 Å². The molecule has 6 nitrogen and oxygen atoms in total. The minimum Gasteiger partial charge on any atom is -0.488 e. The van der Waals surface area contributed by atoms with Crippen LogP contribution in [0, 0.1) is 7.40 Å². The lowest BCUT2D eigenvalue weighted by atomic mass is 10.2. The van der Waals surface area contributed by atoms with Crippen molar-refractivity contribution in [2.75, 3.05) is 0 Å². The van der Waals surface area contributed by atoms with E-state index in [0.717, 1.165) is 60.0 Å². The summed E-state index contributed by atoms with van der Waals surface area (Å²) in [4.78, 5) is 9.05. The standard InChI is InChI=1S/C12H9BrI2N2O.C12H11BrN2O/c1-6-5-17-11(15)10(14)16-12(17)8-3-2-7(13)4-9(8)18-6;1-8-7-15-5-4-14-12(15)10-3-2-9(13)6-11(10)16-8/h2-4,6H,5H2,1H3;2-6,8H,7H2,1H3. The van der Waals surface area contributed by atoms with Gasteiger partial charge in [-0.3, -0.25) is 0 Å². The largest absolute Gasteiger partial charge is 0.488 e. The van der Waals surface area contributed by atoms with Crippen molar-refractivity contribution >= 4 is 77.0 Å². The molecule has 6 rings (SSSR count). The number of nitrogens with zero attached hydrogens (tertiary/aromatic N) is 4. The Morgan fingerprint density at radius 1 is 0.882 bits per heavy atom. The Morgan fingerprint density at radius 2 is 1.47 bits per heavy atom. The summed E-state index contributed by atoms with van der Waals surface area (Å²) in [6, 6.07) is 12.1. The van der Waals surface area contributed by atoms with Crippen LogP contribution in [0.25, 0.3) is 22.8 Å². The molecule has 2 atom stereocenters. The molecule has 4 heterocycles. The molecule has 0 amide bonds. The highest BCUT2D eigenvalue weighted by Crippen LogP contribution is 2.37. The third kappa shape index (κ3) is 4.92. The first-order valence-electron chi connectivity index (χ1n) is 10.7. The Labute approximate surface area is 242 Å². The quantitative estimate of drug-likeness (QED) is 0.174. The second-order valence-electron chi connectivity index (χ2n) is 8.17. The van der Waals surface area contributed by atoms with Crippen molar-refractivity contribution in [2.24, 2.45) is 0 Å². The van der Waals surface area contributed by atoms with Crippen molar-refractivity contribution in [3.05, 3.63) is 65.1 Å². The van der Waals surface area contributed by atoms with Crippen LogP contribution >= 0.6 is 77.0 Å². The first-order valence-corrected chi connectivity index (χ1v) is 14.4. The summed E-state index contributed by atoms with van der Waals surface area (Å²) in [6.07, 6.45) is 4.12. The molecule has 2 aliphatic heterocycles. The van der Waals surface area contributed by atoms with Gasteiger partial charge in [0.15, 0.2) is 0 Å². The first kappa shape index (κ1) is 24.6. The Balaban J connectivity index is 0.000000142. The van der Waals surface area contributed by atoms with Crippen LogP contribution in [0.4, 0.5) is 0 Å². The third-order valence-electron chi connectivity index (χ3n) is 5.50. The Kier molecular flexibility index (Phi) is 7.29. The van der Waals surface area contributed by atoms with Crippen molar-refractivity contribution in [3.8, 4) is 34.3 Å². The van der Waals surface area contributed by atoms with Crippen molar-refractivity contribution in [1.82, 2.24) is 19.1 Å². The van der Waals surface area contributed by atoms with Crippen LogP contribution in [-0.4, -0.2) is 31.3 Å². The first-order chi connectivity index (χ1) is 16.3. The summed E-state index contributed by atoms with van der Waals surface area (Å²) < 4.78 is 20.5. The van der Waals surface area contributed by atoms with E-state index in [-0.39, 0.29) is 12.2 Å². The van der Waals surface area contributed by atoms with Gasteiger partial charge < -0.3 is 18.6 Å². The summed E-state index contributed by atoms with van der Waals surface area (Å²) in [5, 5.41) is 0. The van der Waals surface area contributed by atoms with Gasteiger partial charge in [0, 0.05) is 21.3 Å². The van der Waals surface area contributed by atoms with E-state index in [1.54, 1.807) is 0 Å². The van der Waals surface area contributed by atoms with Crippen LogP contribution in [0.15, 0.2) is 57.7 Å². The monoisotopic (exact) mass is 808 g/mol. The number of hydrogen-bond acceptors (Lipinski definition) is 4.